The van der Waals surface area contributed by atoms with Gasteiger partial charge in [0.2, 0.25) is 5.91 Å². The van der Waals surface area contributed by atoms with Gasteiger partial charge in [0, 0.05) is 42.3 Å². The highest BCUT2D eigenvalue weighted by molar-refractivity contribution is 9.10. The van der Waals surface area contributed by atoms with E-state index in [1.807, 2.05) is 11.0 Å². The molecule has 0 aromatic heterocycles. The van der Waals surface area contributed by atoms with Gasteiger partial charge in [0.25, 0.3) is 0 Å². The smallest absolute Gasteiger partial charge is 0.222 e. The Hall–Kier alpha value is -1.36. The lowest BCUT2D eigenvalue weighted by Gasteiger charge is -2.13. The Bertz CT molecular complexity index is 488. The fourth-order valence-electron chi connectivity index (χ4n) is 2.08. The van der Waals surface area contributed by atoms with Crippen LogP contribution in [0.3, 0.4) is 0 Å². The van der Waals surface area contributed by atoms with E-state index in [4.69, 9.17) is 0 Å². The summed E-state index contributed by atoms with van der Waals surface area (Å²) in [6, 6.07) is 5.24. The second-order valence-corrected chi connectivity index (χ2v) is 5.49. The molecule has 0 bridgehead atoms. The minimum absolute atomic E-state index is 0.224. The van der Waals surface area contributed by atoms with E-state index in [1.54, 1.807) is 18.3 Å². The lowest BCUT2D eigenvalue weighted by molar-refractivity contribution is -0.127. The number of halogens is 1. The molecule has 1 N–H and O–H groups in total. The summed E-state index contributed by atoms with van der Waals surface area (Å²) < 4.78 is 0.911. The molecule has 1 fully saturated rings. The van der Waals surface area contributed by atoms with Gasteiger partial charge in [-0.3, -0.25) is 9.79 Å². The Balaban J connectivity index is 1.77. The van der Waals surface area contributed by atoms with Crippen LogP contribution in [0.15, 0.2) is 27.7 Å². The number of phenols is 1. The van der Waals surface area contributed by atoms with Gasteiger partial charge in [-0.05, 0) is 31.0 Å². The van der Waals surface area contributed by atoms with Crippen LogP contribution in [-0.2, 0) is 4.79 Å². The summed E-state index contributed by atoms with van der Waals surface area (Å²) in [6.45, 7) is 2.32. The number of hydrogen-bond donors (Lipinski definition) is 1. The standard InChI is InChI=1S/C14H17BrN2O2/c15-12-4-5-13(18)11(9-12)10-16-6-2-8-17-7-1-3-14(17)19/h4-5,9-10,18H,1-3,6-8H2. The molecule has 1 aromatic carbocycles. The molecule has 1 saturated heterocycles. The maximum absolute atomic E-state index is 11.4. The first kappa shape index (κ1) is 14.1. The summed E-state index contributed by atoms with van der Waals surface area (Å²) in [5, 5.41) is 9.63. The summed E-state index contributed by atoms with van der Waals surface area (Å²) in [5.74, 6) is 0.482. The average Bonchev–Trinajstić information content (AvgIpc) is 2.79. The monoisotopic (exact) mass is 324 g/mol. The molecule has 1 aromatic rings. The maximum atomic E-state index is 11.4. The third-order valence-electron chi connectivity index (χ3n) is 3.11. The molecular weight excluding hydrogens is 308 g/mol. The van der Waals surface area contributed by atoms with Crippen molar-refractivity contribution < 1.29 is 9.90 Å². The Morgan fingerprint density at radius 2 is 2.32 bits per heavy atom. The van der Waals surface area contributed by atoms with E-state index in [-0.39, 0.29) is 11.7 Å². The number of nitrogens with zero attached hydrogens (tertiary/aromatic N) is 2. The van der Waals surface area contributed by atoms with Gasteiger partial charge in [-0.2, -0.15) is 0 Å². The van der Waals surface area contributed by atoms with Gasteiger partial charge in [-0.1, -0.05) is 15.9 Å². The molecular formula is C14H17BrN2O2. The van der Waals surface area contributed by atoms with Gasteiger partial charge < -0.3 is 10.0 Å². The second kappa shape index (κ2) is 6.70. The van der Waals surface area contributed by atoms with Gasteiger partial charge >= 0.3 is 0 Å². The Labute approximate surface area is 121 Å². The van der Waals surface area contributed by atoms with E-state index in [9.17, 15) is 9.90 Å². The molecule has 0 radical (unpaired) electrons. The van der Waals surface area contributed by atoms with Gasteiger partial charge in [0.15, 0.2) is 0 Å². The third kappa shape index (κ3) is 4.06. The van der Waals surface area contributed by atoms with Gasteiger partial charge in [-0.25, -0.2) is 0 Å². The summed E-state index contributed by atoms with van der Waals surface area (Å²) in [5.41, 5.74) is 0.701. The first-order valence-electron chi connectivity index (χ1n) is 6.43. The van der Waals surface area contributed by atoms with Crippen LogP contribution in [0.1, 0.15) is 24.8 Å². The molecule has 0 aliphatic carbocycles. The van der Waals surface area contributed by atoms with Crippen molar-refractivity contribution >= 4 is 28.1 Å². The number of carbonyl (C=O) groups is 1. The number of carbonyl (C=O) groups excluding carboxylic acids is 1. The molecule has 1 amide bonds. The van der Waals surface area contributed by atoms with Crippen LogP contribution in [0, 0.1) is 0 Å². The lowest BCUT2D eigenvalue weighted by Crippen LogP contribution is -2.26. The number of aliphatic imine (C=N–C) groups is 1. The summed E-state index contributed by atoms with van der Waals surface area (Å²) in [6.07, 6.45) is 4.20. The molecule has 19 heavy (non-hydrogen) atoms. The Morgan fingerprint density at radius 3 is 3.05 bits per heavy atom. The molecule has 0 unspecified atom stereocenters. The van der Waals surface area contributed by atoms with Crippen LogP contribution in [0.2, 0.25) is 0 Å². The van der Waals surface area contributed by atoms with Crippen molar-refractivity contribution in [1.29, 1.82) is 0 Å². The summed E-state index contributed by atoms with van der Waals surface area (Å²) in [7, 11) is 0. The molecule has 0 saturated carbocycles. The van der Waals surface area contributed by atoms with Crippen LogP contribution < -0.4 is 0 Å². The SMILES string of the molecule is O=C1CCCN1CCCN=Cc1cc(Br)ccc1O. The molecule has 2 rings (SSSR count). The number of rotatable bonds is 5. The number of hydrogen-bond acceptors (Lipinski definition) is 3. The average molecular weight is 325 g/mol. The quantitative estimate of drug-likeness (QED) is 0.668. The molecule has 1 aliphatic rings. The number of benzene rings is 1. The van der Waals surface area contributed by atoms with Crippen molar-refractivity contribution in [2.45, 2.75) is 19.3 Å². The number of aromatic hydroxyl groups is 1. The fourth-order valence-corrected chi connectivity index (χ4v) is 2.46. The van der Waals surface area contributed by atoms with Crippen molar-refractivity contribution in [1.82, 2.24) is 4.90 Å². The summed E-state index contributed by atoms with van der Waals surface area (Å²) in [4.78, 5) is 17.6. The van der Waals surface area contributed by atoms with Crippen LogP contribution in [0.5, 0.6) is 5.75 Å². The highest BCUT2D eigenvalue weighted by Gasteiger charge is 2.18. The topological polar surface area (TPSA) is 52.9 Å². The fraction of sp³-hybridized carbons (Fsp3) is 0.429. The molecule has 0 spiro atoms. The molecule has 1 heterocycles. The van der Waals surface area contributed by atoms with Crippen molar-refractivity contribution in [2.24, 2.45) is 4.99 Å². The van der Waals surface area contributed by atoms with Crippen LogP contribution in [-0.4, -0.2) is 41.8 Å². The molecule has 5 heteroatoms. The number of likely N-dealkylation sites (tertiary alicyclic amines) is 1. The van der Waals surface area contributed by atoms with Crippen molar-refractivity contribution in [2.75, 3.05) is 19.6 Å². The van der Waals surface area contributed by atoms with Gasteiger partial charge in [0.1, 0.15) is 5.75 Å². The summed E-state index contributed by atoms with van der Waals surface area (Å²) >= 11 is 3.35. The highest BCUT2D eigenvalue weighted by Crippen LogP contribution is 2.20. The van der Waals surface area contributed by atoms with Gasteiger partial charge in [-0.15, -0.1) is 0 Å². The van der Waals surface area contributed by atoms with Gasteiger partial charge in [0.05, 0.1) is 0 Å². The molecule has 4 nitrogen and oxygen atoms in total. The van der Waals surface area contributed by atoms with E-state index in [0.29, 0.717) is 18.5 Å². The van der Waals surface area contributed by atoms with E-state index >= 15 is 0 Å². The zero-order valence-electron chi connectivity index (χ0n) is 10.7. The largest absolute Gasteiger partial charge is 0.507 e. The molecule has 0 atom stereocenters. The number of amides is 1. The van der Waals surface area contributed by atoms with Crippen LogP contribution >= 0.6 is 15.9 Å². The van der Waals surface area contributed by atoms with Crippen LogP contribution in [0.4, 0.5) is 0 Å². The highest BCUT2D eigenvalue weighted by atomic mass is 79.9. The van der Waals surface area contributed by atoms with Crippen molar-refractivity contribution in [3.63, 3.8) is 0 Å². The predicted molar refractivity (Wildman–Crippen MR) is 78.7 cm³/mol. The normalized spacial score (nSPS) is 15.6. The van der Waals surface area contributed by atoms with Crippen molar-refractivity contribution in [3.05, 3.63) is 28.2 Å². The minimum atomic E-state index is 0.224. The lowest BCUT2D eigenvalue weighted by atomic mass is 10.2. The van der Waals surface area contributed by atoms with E-state index in [1.165, 1.54) is 0 Å². The zero-order valence-corrected chi connectivity index (χ0v) is 12.3. The number of phenolic OH excluding ortho intramolecular Hbond substituents is 1. The van der Waals surface area contributed by atoms with E-state index < -0.39 is 0 Å². The van der Waals surface area contributed by atoms with Crippen molar-refractivity contribution in [3.8, 4) is 5.75 Å². The minimum Gasteiger partial charge on any atom is -0.507 e. The predicted octanol–water partition coefficient (Wildman–Crippen LogP) is 2.59. The first-order chi connectivity index (χ1) is 9.16. The Morgan fingerprint density at radius 1 is 1.47 bits per heavy atom. The maximum Gasteiger partial charge on any atom is 0.222 e. The third-order valence-corrected chi connectivity index (χ3v) is 3.60. The van der Waals surface area contributed by atoms with Crippen LogP contribution in [0.25, 0.3) is 0 Å². The van der Waals surface area contributed by atoms with E-state index in [2.05, 4.69) is 20.9 Å². The van der Waals surface area contributed by atoms with E-state index in [0.717, 1.165) is 30.4 Å². The second-order valence-electron chi connectivity index (χ2n) is 4.58. The first-order valence-corrected chi connectivity index (χ1v) is 7.22. The zero-order chi connectivity index (χ0) is 13.7. The molecule has 102 valence electrons. The Kier molecular flexibility index (Phi) is 4.96. The molecule has 1 aliphatic heterocycles.